The third-order valence-corrected chi connectivity index (χ3v) is 7.23. The minimum absolute atomic E-state index is 0.0162. The molecule has 3 rings (SSSR count). The molecule has 1 N–H and O–H groups in total. The zero-order valence-electron chi connectivity index (χ0n) is 22.3. The first kappa shape index (κ1) is 29.4. The molecule has 11 heteroatoms. The fraction of sp³-hybridized carbons (Fsp3) is 0.407. The van der Waals surface area contributed by atoms with Gasteiger partial charge in [0.05, 0.1) is 50.6 Å². The lowest BCUT2D eigenvalue weighted by molar-refractivity contribution is -0.140. The smallest absolute Gasteiger partial charge is 0.295 e. The van der Waals surface area contributed by atoms with E-state index in [1.165, 1.54) is 39.4 Å². The van der Waals surface area contributed by atoms with Crippen LogP contribution in [-0.2, 0) is 9.59 Å². The highest BCUT2D eigenvalue weighted by molar-refractivity contribution is 6.47. The summed E-state index contributed by atoms with van der Waals surface area (Å²) in [5, 5.41) is 11.7. The Morgan fingerprint density at radius 2 is 1.58 bits per heavy atom. The number of aliphatic hydroxyl groups is 1. The lowest BCUT2D eigenvalue weighted by Gasteiger charge is -2.28. The summed E-state index contributed by atoms with van der Waals surface area (Å²) in [6, 6.07) is 5.55. The number of amides is 1. The van der Waals surface area contributed by atoms with Gasteiger partial charge in [0.2, 0.25) is 0 Å². The van der Waals surface area contributed by atoms with E-state index >= 15 is 0 Å². The number of rotatable bonds is 11. The Morgan fingerprint density at radius 3 is 2.13 bits per heavy atom. The van der Waals surface area contributed by atoms with Crippen LogP contribution in [0.2, 0.25) is 10.0 Å². The maximum absolute atomic E-state index is 13.5. The Kier molecular flexibility index (Phi) is 9.76. The summed E-state index contributed by atoms with van der Waals surface area (Å²) >= 11 is 12.8. The van der Waals surface area contributed by atoms with E-state index in [2.05, 4.69) is 4.90 Å². The molecule has 1 atom stereocenters. The second-order valence-corrected chi connectivity index (χ2v) is 9.21. The zero-order chi connectivity index (χ0) is 28.1. The van der Waals surface area contributed by atoms with Crippen LogP contribution < -0.4 is 18.9 Å². The van der Waals surface area contributed by atoms with Crippen LogP contribution in [0.25, 0.3) is 5.76 Å². The molecule has 0 radical (unpaired) electrons. The molecular weight excluding hydrogens is 535 g/mol. The van der Waals surface area contributed by atoms with Gasteiger partial charge in [-0.25, -0.2) is 0 Å². The number of halogens is 2. The molecule has 0 spiro atoms. The summed E-state index contributed by atoms with van der Waals surface area (Å²) in [5.41, 5.74) is 0.473. The first-order chi connectivity index (χ1) is 18.2. The topological polar surface area (TPSA) is 97.8 Å². The van der Waals surface area contributed by atoms with Gasteiger partial charge >= 0.3 is 0 Å². The van der Waals surface area contributed by atoms with E-state index in [0.717, 1.165) is 13.1 Å². The molecule has 206 valence electrons. The summed E-state index contributed by atoms with van der Waals surface area (Å²) < 4.78 is 21.5. The summed E-state index contributed by atoms with van der Waals surface area (Å²) in [6.45, 7) is 6.39. The quantitative estimate of drug-likeness (QED) is 0.235. The molecule has 1 amide bonds. The highest BCUT2D eigenvalue weighted by Crippen LogP contribution is 2.47. The maximum Gasteiger partial charge on any atom is 0.295 e. The SMILES string of the molecule is CCN(CC)CCN1C(=O)C(=O)/C(=C(/O)c2cc(Cl)c(OC)c(Cl)c2OC)C1c1ccc(OC)c(OC)c1. The molecule has 0 saturated carbocycles. The van der Waals surface area contributed by atoms with Crippen molar-refractivity contribution in [2.75, 3.05) is 54.6 Å². The molecule has 1 unspecified atom stereocenters. The molecule has 9 nitrogen and oxygen atoms in total. The summed E-state index contributed by atoms with van der Waals surface area (Å²) in [4.78, 5) is 30.4. The van der Waals surface area contributed by atoms with E-state index < -0.39 is 23.5 Å². The average Bonchev–Trinajstić information content (AvgIpc) is 3.17. The number of hydrogen-bond donors (Lipinski definition) is 1. The second-order valence-electron chi connectivity index (χ2n) is 8.42. The number of carbonyl (C=O) groups is 2. The number of methoxy groups -OCH3 is 4. The monoisotopic (exact) mass is 566 g/mol. The summed E-state index contributed by atoms with van der Waals surface area (Å²) in [7, 11) is 5.76. The first-order valence-electron chi connectivity index (χ1n) is 12.0. The molecule has 1 heterocycles. The molecular formula is C27H32Cl2N2O7. The van der Waals surface area contributed by atoms with Gasteiger partial charge in [-0.2, -0.15) is 0 Å². The van der Waals surface area contributed by atoms with Crippen molar-refractivity contribution in [2.45, 2.75) is 19.9 Å². The van der Waals surface area contributed by atoms with Crippen molar-refractivity contribution in [3.63, 3.8) is 0 Å². The third-order valence-electron chi connectivity index (χ3n) is 6.61. The number of Topliss-reactive ketones (excluding diaryl/α,β-unsaturated/α-hetero) is 1. The van der Waals surface area contributed by atoms with Crippen LogP contribution in [0.3, 0.4) is 0 Å². The Hall–Kier alpha value is -3.14. The van der Waals surface area contributed by atoms with Gasteiger partial charge in [-0.15, -0.1) is 0 Å². The predicted octanol–water partition coefficient (Wildman–Crippen LogP) is 4.79. The molecule has 0 aromatic heterocycles. The van der Waals surface area contributed by atoms with Crippen LogP contribution in [0.15, 0.2) is 29.8 Å². The Balaban J connectivity index is 2.28. The zero-order valence-corrected chi connectivity index (χ0v) is 23.8. The lowest BCUT2D eigenvalue weighted by atomic mass is 9.94. The van der Waals surface area contributed by atoms with Crippen molar-refractivity contribution in [2.24, 2.45) is 0 Å². The van der Waals surface area contributed by atoms with Gasteiger partial charge < -0.3 is 33.9 Å². The number of ketones is 1. The Bertz CT molecular complexity index is 1240. The fourth-order valence-electron chi connectivity index (χ4n) is 4.56. The number of aliphatic hydroxyl groups excluding tert-OH is 1. The van der Waals surface area contributed by atoms with Crippen molar-refractivity contribution >= 4 is 40.7 Å². The molecule has 0 bridgehead atoms. The minimum atomic E-state index is -0.922. The van der Waals surface area contributed by atoms with Crippen LogP contribution in [-0.4, -0.2) is 81.2 Å². The van der Waals surface area contributed by atoms with E-state index in [-0.39, 0.29) is 39.2 Å². The molecule has 2 aromatic rings. The molecule has 38 heavy (non-hydrogen) atoms. The summed E-state index contributed by atoms with van der Waals surface area (Å²) in [6.07, 6.45) is 0. The van der Waals surface area contributed by atoms with E-state index in [4.69, 9.17) is 42.1 Å². The van der Waals surface area contributed by atoms with Crippen molar-refractivity contribution in [1.29, 1.82) is 0 Å². The Morgan fingerprint density at radius 1 is 0.947 bits per heavy atom. The van der Waals surface area contributed by atoms with Crippen LogP contribution >= 0.6 is 23.2 Å². The van der Waals surface area contributed by atoms with Gasteiger partial charge in [0, 0.05) is 13.1 Å². The van der Waals surface area contributed by atoms with E-state index in [9.17, 15) is 14.7 Å². The number of nitrogens with zero attached hydrogens (tertiary/aromatic N) is 2. The number of hydrogen-bond acceptors (Lipinski definition) is 8. The minimum Gasteiger partial charge on any atom is -0.507 e. The number of carbonyl (C=O) groups excluding carboxylic acids is 2. The molecule has 1 aliphatic rings. The van der Waals surface area contributed by atoms with Crippen molar-refractivity contribution in [3.8, 4) is 23.0 Å². The van der Waals surface area contributed by atoms with Crippen molar-refractivity contribution in [3.05, 3.63) is 51.0 Å². The van der Waals surface area contributed by atoms with Gasteiger partial charge in [-0.05, 0) is 36.9 Å². The molecule has 1 aliphatic heterocycles. The first-order valence-corrected chi connectivity index (χ1v) is 12.8. The third kappa shape index (κ3) is 5.36. The van der Waals surface area contributed by atoms with Gasteiger partial charge in [-0.3, -0.25) is 9.59 Å². The molecule has 1 fully saturated rings. The van der Waals surface area contributed by atoms with Crippen molar-refractivity contribution < 1.29 is 33.6 Å². The molecule has 1 saturated heterocycles. The highest BCUT2D eigenvalue weighted by Gasteiger charge is 2.46. The van der Waals surface area contributed by atoms with Gasteiger partial charge in [0.25, 0.3) is 11.7 Å². The van der Waals surface area contributed by atoms with Gasteiger partial charge in [-0.1, -0.05) is 43.1 Å². The van der Waals surface area contributed by atoms with E-state index in [0.29, 0.717) is 23.6 Å². The van der Waals surface area contributed by atoms with Crippen molar-refractivity contribution in [1.82, 2.24) is 9.80 Å². The highest BCUT2D eigenvalue weighted by atomic mass is 35.5. The van der Waals surface area contributed by atoms with Gasteiger partial charge in [0.1, 0.15) is 10.8 Å². The summed E-state index contributed by atoms with van der Waals surface area (Å²) in [5.74, 6) is -0.963. The number of likely N-dealkylation sites (tertiary alicyclic amines) is 1. The van der Waals surface area contributed by atoms with Crippen LogP contribution in [0, 0.1) is 0 Å². The lowest BCUT2D eigenvalue weighted by Crippen LogP contribution is -2.38. The van der Waals surface area contributed by atoms with E-state index in [1.807, 2.05) is 13.8 Å². The standard InChI is InChI=1S/C27H32Cl2N2O7/c1-7-30(8-2)11-12-31-22(15-9-10-18(35-3)19(13-15)36-4)20(24(33)27(31)34)23(32)16-14-17(28)26(38-6)21(29)25(16)37-5/h9-10,13-14,22,32H,7-8,11-12H2,1-6H3/b23-20+. The van der Waals surface area contributed by atoms with E-state index in [1.54, 1.807) is 18.2 Å². The average molecular weight is 567 g/mol. The number of likely N-dealkylation sites (N-methyl/N-ethyl adjacent to an activating group) is 1. The Labute approximate surface area is 232 Å². The van der Waals surface area contributed by atoms with Crippen LogP contribution in [0.5, 0.6) is 23.0 Å². The van der Waals surface area contributed by atoms with Crippen LogP contribution in [0.1, 0.15) is 31.0 Å². The van der Waals surface area contributed by atoms with Gasteiger partial charge in [0.15, 0.2) is 23.0 Å². The molecule has 2 aromatic carbocycles. The van der Waals surface area contributed by atoms with Crippen LogP contribution in [0.4, 0.5) is 0 Å². The second kappa shape index (κ2) is 12.6. The molecule has 0 aliphatic carbocycles. The normalized spacial score (nSPS) is 16.8. The fourth-order valence-corrected chi connectivity index (χ4v) is 5.25. The number of ether oxygens (including phenoxy) is 4. The maximum atomic E-state index is 13.5. The predicted molar refractivity (Wildman–Crippen MR) is 146 cm³/mol. The largest absolute Gasteiger partial charge is 0.507 e. The number of benzene rings is 2.